The first-order valence-corrected chi connectivity index (χ1v) is 8.94. The molecule has 0 aromatic heterocycles. The van der Waals surface area contributed by atoms with Gasteiger partial charge in [-0.1, -0.05) is 40.9 Å². The Hall–Kier alpha value is -1.95. The van der Waals surface area contributed by atoms with Crippen LogP contribution in [-0.4, -0.2) is 18.4 Å². The van der Waals surface area contributed by atoms with Crippen LogP contribution in [0, 0.1) is 6.92 Å². The lowest BCUT2D eigenvalue weighted by molar-refractivity contribution is -0.122. The van der Waals surface area contributed by atoms with Gasteiger partial charge in [0.15, 0.2) is 0 Å². The normalized spacial score (nSPS) is 10.3. The van der Waals surface area contributed by atoms with Gasteiger partial charge >= 0.3 is 0 Å². The number of hydrogen-bond donors (Lipinski definition) is 2. The molecule has 0 aliphatic carbocycles. The summed E-state index contributed by atoms with van der Waals surface area (Å²) in [6.07, 6.45) is 0.678. The second-order valence-electron chi connectivity index (χ2n) is 5.47. The van der Waals surface area contributed by atoms with Crippen molar-refractivity contribution in [3.63, 3.8) is 0 Å². The molecular weight excluding hydrogens is 399 g/mol. The maximum Gasteiger partial charge on any atom is 0.271 e. The first-order chi connectivity index (χ1) is 12.4. The highest BCUT2D eigenvalue weighted by molar-refractivity contribution is 6.43. The Labute approximate surface area is 166 Å². The van der Waals surface area contributed by atoms with Crippen LogP contribution in [0.15, 0.2) is 36.4 Å². The average molecular weight is 416 g/mol. The van der Waals surface area contributed by atoms with E-state index in [1.807, 2.05) is 6.92 Å². The lowest BCUT2D eigenvalue weighted by atomic mass is 10.2. The van der Waals surface area contributed by atoms with E-state index in [1.54, 1.807) is 30.3 Å². The Morgan fingerprint density at radius 1 is 1.08 bits per heavy atom. The second-order valence-corrected chi connectivity index (χ2v) is 6.69. The van der Waals surface area contributed by atoms with E-state index in [1.165, 1.54) is 6.07 Å². The third-order valence-corrected chi connectivity index (χ3v) is 4.51. The van der Waals surface area contributed by atoms with Crippen molar-refractivity contribution < 1.29 is 14.3 Å². The molecule has 0 unspecified atom stereocenters. The summed E-state index contributed by atoms with van der Waals surface area (Å²) in [6, 6.07) is 10.0. The first kappa shape index (κ1) is 20.4. The van der Waals surface area contributed by atoms with Crippen LogP contribution in [-0.2, 0) is 4.79 Å². The number of aryl methyl sites for hydroxylation is 1. The molecule has 0 bridgehead atoms. The number of nitrogens with one attached hydrogen (secondary N) is 2. The van der Waals surface area contributed by atoms with Crippen molar-refractivity contribution in [2.45, 2.75) is 19.8 Å². The minimum Gasteiger partial charge on any atom is -0.493 e. The molecule has 0 saturated carbocycles. The molecule has 0 aliphatic heterocycles. The Balaban J connectivity index is 1.72. The summed E-state index contributed by atoms with van der Waals surface area (Å²) >= 11 is 17.7. The molecule has 0 radical (unpaired) electrons. The number of hydrogen-bond acceptors (Lipinski definition) is 3. The summed E-state index contributed by atoms with van der Waals surface area (Å²) in [5.74, 6) is -0.162. The molecule has 2 amide bonds. The van der Waals surface area contributed by atoms with Crippen LogP contribution < -0.4 is 15.6 Å². The summed E-state index contributed by atoms with van der Waals surface area (Å²) in [7, 11) is 0. The quantitative estimate of drug-likeness (QED) is 0.536. The highest BCUT2D eigenvalue weighted by Gasteiger charge is 2.13. The Morgan fingerprint density at radius 3 is 2.58 bits per heavy atom. The van der Waals surface area contributed by atoms with Gasteiger partial charge in [0, 0.05) is 11.4 Å². The van der Waals surface area contributed by atoms with E-state index < -0.39 is 5.91 Å². The molecule has 0 fully saturated rings. The van der Waals surface area contributed by atoms with Crippen molar-refractivity contribution in [2.75, 3.05) is 6.61 Å². The fraction of sp³-hybridized carbons (Fsp3) is 0.222. The van der Waals surface area contributed by atoms with Crippen molar-refractivity contribution >= 4 is 46.6 Å². The van der Waals surface area contributed by atoms with E-state index in [0.717, 1.165) is 11.3 Å². The molecule has 26 heavy (non-hydrogen) atoms. The number of halogens is 3. The van der Waals surface area contributed by atoms with Crippen molar-refractivity contribution in [1.82, 2.24) is 10.9 Å². The van der Waals surface area contributed by atoms with E-state index in [2.05, 4.69) is 10.9 Å². The lowest BCUT2D eigenvalue weighted by Gasteiger charge is -2.10. The zero-order chi connectivity index (χ0) is 19.1. The number of ether oxygens (including phenoxy) is 1. The Morgan fingerprint density at radius 2 is 1.85 bits per heavy atom. The zero-order valence-electron chi connectivity index (χ0n) is 13.9. The molecule has 2 rings (SSSR count). The number of hydrazine groups is 1. The number of benzene rings is 2. The van der Waals surface area contributed by atoms with E-state index in [4.69, 9.17) is 39.5 Å². The van der Waals surface area contributed by atoms with Crippen LogP contribution in [0.5, 0.6) is 5.75 Å². The summed E-state index contributed by atoms with van der Waals surface area (Å²) in [5, 5.41) is 1.04. The van der Waals surface area contributed by atoms with Gasteiger partial charge in [-0.25, -0.2) is 0 Å². The van der Waals surface area contributed by atoms with E-state index in [-0.39, 0.29) is 27.9 Å². The minimum absolute atomic E-state index is 0.132. The minimum atomic E-state index is -0.543. The standard InChI is InChI=1S/C18H17Cl3N2O3/c1-11-10-12(19)7-8-15(11)26-9-3-6-16(24)22-23-18(25)13-4-2-5-14(20)17(13)21/h2,4-5,7-8,10H,3,6,9H2,1H3,(H,22,24)(H,23,25). The monoisotopic (exact) mass is 414 g/mol. The van der Waals surface area contributed by atoms with Crippen LogP contribution >= 0.6 is 34.8 Å². The average Bonchev–Trinajstić information content (AvgIpc) is 2.60. The maximum absolute atomic E-state index is 12.0. The molecule has 5 nitrogen and oxygen atoms in total. The lowest BCUT2D eigenvalue weighted by Crippen LogP contribution is -2.41. The summed E-state index contributed by atoms with van der Waals surface area (Å²) in [6.45, 7) is 2.26. The van der Waals surface area contributed by atoms with Gasteiger partial charge in [-0.2, -0.15) is 0 Å². The predicted molar refractivity (Wildman–Crippen MR) is 103 cm³/mol. The Bertz CT molecular complexity index is 812. The third-order valence-electron chi connectivity index (χ3n) is 3.45. The topological polar surface area (TPSA) is 67.4 Å². The Kier molecular flexibility index (Phi) is 7.57. The van der Waals surface area contributed by atoms with E-state index in [9.17, 15) is 9.59 Å². The fourth-order valence-corrected chi connectivity index (χ4v) is 2.74. The van der Waals surface area contributed by atoms with Crippen LogP contribution in [0.4, 0.5) is 0 Å². The fourth-order valence-electron chi connectivity index (χ4n) is 2.13. The van der Waals surface area contributed by atoms with E-state index >= 15 is 0 Å². The van der Waals surface area contributed by atoms with Gasteiger partial charge in [0.25, 0.3) is 5.91 Å². The van der Waals surface area contributed by atoms with E-state index in [0.29, 0.717) is 18.1 Å². The summed E-state index contributed by atoms with van der Waals surface area (Å²) in [4.78, 5) is 23.8. The highest BCUT2D eigenvalue weighted by atomic mass is 35.5. The second kappa shape index (κ2) is 9.67. The summed E-state index contributed by atoms with van der Waals surface area (Å²) in [5.41, 5.74) is 5.74. The number of carbonyl (C=O) groups excluding carboxylic acids is 2. The molecular formula is C18H17Cl3N2O3. The van der Waals surface area contributed by atoms with Gasteiger partial charge in [0.2, 0.25) is 5.91 Å². The molecule has 138 valence electrons. The van der Waals surface area contributed by atoms with Crippen LogP contribution in [0.25, 0.3) is 0 Å². The molecule has 2 N–H and O–H groups in total. The van der Waals surface area contributed by atoms with Gasteiger partial charge in [0.05, 0.1) is 22.2 Å². The van der Waals surface area contributed by atoms with Crippen molar-refractivity contribution in [3.8, 4) is 5.75 Å². The van der Waals surface area contributed by atoms with Gasteiger partial charge in [-0.05, 0) is 49.2 Å². The highest BCUT2D eigenvalue weighted by Crippen LogP contribution is 2.25. The SMILES string of the molecule is Cc1cc(Cl)ccc1OCCCC(=O)NNC(=O)c1cccc(Cl)c1Cl. The molecule has 0 spiro atoms. The van der Waals surface area contributed by atoms with Crippen molar-refractivity contribution in [1.29, 1.82) is 0 Å². The van der Waals surface area contributed by atoms with Crippen LogP contribution in [0.2, 0.25) is 15.1 Å². The van der Waals surface area contributed by atoms with Crippen LogP contribution in [0.1, 0.15) is 28.8 Å². The molecule has 2 aromatic carbocycles. The zero-order valence-corrected chi connectivity index (χ0v) is 16.2. The maximum atomic E-state index is 12.0. The molecule has 0 heterocycles. The summed E-state index contributed by atoms with van der Waals surface area (Å²) < 4.78 is 5.61. The molecule has 0 saturated heterocycles. The smallest absolute Gasteiger partial charge is 0.271 e. The number of carbonyl (C=O) groups is 2. The molecule has 0 aliphatic rings. The first-order valence-electron chi connectivity index (χ1n) is 7.80. The van der Waals surface area contributed by atoms with Gasteiger partial charge in [-0.15, -0.1) is 0 Å². The number of rotatable bonds is 6. The van der Waals surface area contributed by atoms with Crippen molar-refractivity contribution in [3.05, 3.63) is 62.6 Å². The van der Waals surface area contributed by atoms with Crippen molar-refractivity contribution in [2.24, 2.45) is 0 Å². The molecule has 0 atom stereocenters. The van der Waals surface area contributed by atoms with Crippen LogP contribution in [0.3, 0.4) is 0 Å². The van der Waals surface area contributed by atoms with Gasteiger partial charge in [0.1, 0.15) is 5.75 Å². The van der Waals surface area contributed by atoms with Gasteiger partial charge in [-0.3, -0.25) is 20.4 Å². The largest absolute Gasteiger partial charge is 0.493 e. The molecule has 8 heteroatoms. The predicted octanol–water partition coefficient (Wildman–Crippen LogP) is 4.58. The number of amides is 2. The van der Waals surface area contributed by atoms with Gasteiger partial charge < -0.3 is 4.74 Å². The third kappa shape index (κ3) is 5.80. The molecule has 2 aromatic rings.